The first-order valence-electron chi connectivity index (χ1n) is 7.66. The lowest BCUT2D eigenvalue weighted by Crippen LogP contribution is -2.20. The molecule has 108 valence electrons. The molecule has 1 aliphatic rings. The van der Waals surface area contributed by atoms with Crippen molar-refractivity contribution >= 4 is 0 Å². The molecule has 0 saturated heterocycles. The normalized spacial score (nSPS) is 15.3. The molecule has 4 heteroatoms. The van der Waals surface area contributed by atoms with Crippen molar-refractivity contribution in [2.24, 2.45) is 5.92 Å². The number of nitrogens with zero attached hydrogens (tertiary/aromatic N) is 2. The Hall–Kier alpha value is -0.870. The summed E-state index contributed by atoms with van der Waals surface area (Å²) in [7, 11) is 0. The molecule has 0 amide bonds. The van der Waals surface area contributed by atoms with Gasteiger partial charge in [-0.3, -0.25) is 4.68 Å². The van der Waals surface area contributed by atoms with E-state index < -0.39 is 0 Å². The molecule has 1 heterocycles. The lowest BCUT2D eigenvalue weighted by Gasteiger charge is -2.12. The van der Waals surface area contributed by atoms with Crippen LogP contribution in [-0.4, -0.2) is 29.5 Å². The standard InChI is InChI=1S/C15H27N3O/c1-3-15(4-2)18-9-7-14(17-18)11-16-8-10-19-12-13-5-6-13/h7,9,13,15-16H,3-6,8,10-12H2,1-2H3. The molecule has 0 aromatic carbocycles. The fourth-order valence-corrected chi connectivity index (χ4v) is 2.23. The quantitative estimate of drug-likeness (QED) is 0.661. The van der Waals surface area contributed by atoms with Gasteiger partial charge in [0, 0.05) is 25.9 Å². The zero-order valence-electron chi connectivity index (χ0n) is 12.3. The van der Waals surface area contributed by atoms with Gasteiger partial charge < -0.3 is 10.1 Å². The first kappa shape index (κ1) is 14.5. The monoisotopic (exact) mass is 265 g/mol. The van der Waals surface area contributed by atoms with E-state index in [2.05, 4.69) is 41.2 Å². The Balaban J connectivity index is 1.59. The van der Waals surface area contributed by atoms with E-state index in [4.69, 9.17) is 4.74 Å². The van der Waals surface area contributed by atoms with Crippen LogP contribution in [0.15, 0.2) is 12.3 Å². The molecule has 1 aromatic heterocycles. The minimum atomic E-state index is 0.538. The summed E-state index contributed by atoms with van der Waals surface area (Å²) in [5, 5.41) is 8.00. The highest BCUT2D eigenvalue weighted by atomic mass is 16.5. The molecular formula is C15H27N3O. The molecule has 0 unspecified atom stereocenters. The fraction of sp³-hybridized carbons (Fsp3) is 0.800. The van der Waals surface area contributed by atoms with Gasteiger partial charge in [0.2, 0.25) is 0 Å². The van der Waals surface area contributed by atoms with E-state index in [-0.39, 0.29) is 0 Å². The number of ether oxygens (including phenoxy) is 1. The van der Waals surface area contributed by atoms with Gasteiger partial charge in [0.05, 0.1) is 18.3 Å². The van der Waals surface area contributed by atoms with E-state index in [0.717, 1.165) is 50.8 Å². The van der Waals surface area contributed by atoms with Crippen LogP contribution in [0.5, 0.6) is 0 Å². The Labute approximate surface area is 116 Å². The van der Waals surface area contributed by atoms with Gasteiger partial charge in [-0.2, -0.15) is 5.10 Å². The van der Waals surface area contributed by atoms with E-state index in [1.54, 1.807) is 0 Å². The van der Waals surface area contributed by atoms with Crippen LogP contribution in [0, 0.1) is 5.92 Å². The highest BCUT2D eigenvalue weighted by Gasteiger charge is 2.20. The fourth-order valence-electron chi connectivity index (χ4n) is 2.23. The molecule has 4 nitrogen and oxygen atoms in total. The molecule has 0 aliphatic heterocycles. The first-order valence-corrected chi connectivity index (χ1v) is 7.66. The van der Waals surface area contributed by atoms with Crippen molar-refractivity contribution in [1.82, 2.24) is 15.1 Å². The number of aromatic nitrogens is 2. The second-order valence-corrected chi connectivity index (χ2v) is 5.45. The van der Waals surface area contributed by atoms with Gasteiger partial charge in [-0.1, -0.05) is 13.8 Å². The van der Waals surface area contributed by atoms with Gasteiger partial charge in [0.1, 0.15) is 0 Å². The van der Waals surface area contributed by atoms with Crippen LogP contribution in [-0.2, 0) is 11.3 Å². The molecule has 1 aliphatic carbocycles. The molecule has 1 saturated carbocycles. The van der Waals surface area contributed by atoms with E-state index in [1.165, 1.54) is 12.8 Å². The Kier molecular flexibility index (Phi) is 5.86. The van der Waals surface area contributed by atoms with Crippen LogP contribution in [0.3, 0.4) is 0 Å². The van der Waals surface area contributed by atoms with Crippen LogP contribution in [0.2, 0.25) is 0 Å². The SMILES string of the molecule is CCC(CC)n1ccc(CNCCOCC2CC2)n1. The van der Waals surface area contributed by atoms with Crippen LogP contribution in [0.4, 0.5) is 0 Å². The van der Waals surface area contributed by atoms with Gasteiger partial charge in [0.25, 0.3) is 0 Å². The average molecular weight is 265 g/mol. The molecule has 1 N–H and O–H groups in total. The van der Waals surface area contributed by atoms with Crippen molar-refractivity contribution < 1.29 is 4.74 Å². The summed E-state index contributed by atoms with van der Waals surface area (Å²) >= 11 is 0. The molecule has 0 radical (unpaired) electrons. The van der Waals surface area contributed by atoms with Crippen LogP contribution in [0.1, 0.15) is 51.3 Å². The molecule has 1 fully saturated rings. The van der Waals surface area contributed by atoms with Crippen molar-refractivity contribution in [3.05, 3.63) is 18.0 Å². The lowest BCUT2D eigenvalue weighted by molar-refractivity contribution is 0.126. The summed E-state index contributed by atoms with van der Waals surface area (Å²) in [5.74, 6) is 0.857. The minimum Gasteiger partial charge on any atom is -0.380 e. The molecule has 2 rings (SSSR count). The van der Waals surface area contributed by atoms with E-state index >= 15 is 0 Å². The summed E-state index contributed by atoms with van der Waals surface area (Å²) < 4.78 is 7.68. The molecule has 1 aromatic rings. The predicted molar refractivity (Wildman–Crippen MR) is 77.1 cm³/mol. The maximum Gasteiger partial charge on any atom is 0.0762 e. The Bertz CT molecular complexity index is 356. The molecule has 19 heavy (non-hydrogen) atoms. The zero-order chi connectivity index (χ0) is 13.5. The summed E-state index contributed by atoms with van der Waals surface area (Å²) in [6.45, 7) is 7.93. The average Bonchev–Trinajstić information content (AvgIpc) is 3.14. The second-order valence-electron chi connectivity index (χ2n) is 5.45. The summed E-state index contributed by atoms with van der Waals surface area (Å²) in [5.41, 5.74) is 1.12. The summed E-state index contributed by atoms with van der Waals surface area (Å²) in [6, 6.07) is 2.65. The smallest absolute Gasteiger partial charge is 0.0762 e. The largest absolute Gasteiger partial charge is 0.380 e. The van der Waals surface area contributed by atoms with Gasteiger partial charge in [-0.25, -0.2) is 0 Å². The highest BCUT2D eigenvalue weighted by Crippen LogP contribution is 2.28. The van der Waals surface area contributed by atoms with Gasteiger partial charge in [0.15, 0.2) is 0 Å². The lowest BCUT2D eigenvalue weighted by atomic mass is 10.2. The molecule has 0 atom stereocenters. The number of hydrogen-bond donors (Lipinski definition) is 1. The summed E-state index contributed by atoms with van der Waals surface area (Å²) in [6.07, 6.45) is 7.10. The maximum absolute atomic E-state index is 5.59. The van der Waals surface area contributed by atoms with Gasteiger partial charge >= 0.3 is 0 Å². The molecule has 0 spiro atoms. The molecular weight excluding hydrogens is 238 g/mol. The van der Waals surface area contributed by atoms with E-state index in [1.807, 2.05) is 0 Å². The minimum absolute atomic E-state index is 0.538. The van der Waals surface area contributed by atoms with Crippen LogP contribution < -0.4 is 5.32 Å². The van der Waals surface area contributed by atoms with Crippen molar-refractivity contribution in [1.29, 1.82) is 0 Å². The highest BCUT2D eigenvalue weighted by molar-refractivity contribution is 4.99. The Morgan fingerprint density at radius 3 is 2.89 bits per heavy atom. The van der Waals surface area contributed by atoms with Crippen LogP contribution >= 0.6 is 0 Å². The third-order valence-electron chi connectivity index (χ3n) is 3.76. The zero-order valence-corrected chi connectivity index (χ0v) is 12.3. The van der Waals surface area contributed by atoms with Crippen LogP contribution in [0.25, 0.3) is 0 Å². The first-order chi connectivity index (χ1) is 9.33. The van der Waals surface area contributed by atoms with Crippen molar-refractivity contribution in [3.8, 4) is 0 Å². The molecule has 0 bridgehead atoms. The van der Waals surface area contributed by atoms with Gasteiger partial charge in [-0.15, -0.1) is 0 Å². The van der Waals surface area contributed by atoms with Gasteiger partial charge in [-0.05, 0) is 37.7 Å². The van der Waals surface area contributed by atoms with Crippen molar-refractivity contribution in [3.63, 3.8) is 0 Å². The van der Waals surface area contributed by atoms with E-state index in [9.17, 15) is 0 Å². The third kappa shape index (κ3) is 4.96. The summed E-state index contributed by atoms with van der Waals surface area (Å²) in [4.78, 5) is 0. The second kappa shape index (κ2) is 7.65. The van der Waals surface area contributed by atoms with Crippen molar-refractivity contribution in [2.75, 3.05) is 19.8 Å². The Morgan fingerprint density at radius 2 is 2.21 bits per heavy atom. The number of nitrogens with one attached hydrogen (secondary N) is 1. The maximum atomic E-state index is 5.59. The predicted octanol–water partition coefficient (Wildman–Crippen LogP) is 2.76. The topological polar surface area (TPSA) is 39.1 Å². The van der Waals surface area contributed by atoms with E-state index in [0.29, 0.717) is 6.04 Å². The number of hydrogen-bond acceptors (Lipinski definition) is 3. The van der Waals surface area contributed by atoms with Crippen molar-refractivity contribution in [2.45, 2.75) is 52.1 Å². The Morgan fingerprint density at radius 1 is 1.42 bits per heavy atom. The third-order valence-corrected chi connectivity index (χ3v) is 3.76. The number of rotatable bonds is 10.